The number of carbonyl (C=O) groups is 2. The first-order valence-corrected chi connectivity index (χ1v) is 15.7. The quantitative estimate of drug-likeness (QED) is 0.0612. The molecular weight excluding hydrogens is 598 g/mol. The Labute approximate surface area is 271 Å². The molecule has 0 spiro atoms. The summed E-state index contributed by atoms with van der Waals surface area (Å²) in [5, 5.41) is 16.0. The summed E-state index contributed by atoms with van der Waals surface area (Å²) in [5.74, 6) is -2.62. The van der Waals surface area contributed by atoms with Gasteiger partial charge in [0.05, 0.1) is 56.0 Å². The third kappa shape index (κ3) is 10.6. The Morgan fingerprint density at radius 3 is 1.61 bits per heavy atom. The Bertz CT molecular complexity index is 1210. The van der Waals surface area contributed by atoms with Gasteiger partial charge in [-0.25, -0.2) is 9.59 Å². The zero-order chi connectivity index (χ0) is 34.1. The van der Waals surface area contributed by atoms with Crippen molar-refractivity contribution in [3.8, 4) is 0 Å². The van der Waals surface area contributed by atoms with Crippen LogP contribution in [-0.4, -0.2) is 90.4 Å². The van der Waals surface area contributed by atoms with E-state index < -0.39 is 22.8 Å². The first kappa shape index (κ1) is 38.8. The maximum Gasteiger partial charge on any atom is 0.336 e. The van der Waals surface area contributed by atoms with Crippen LogP contribution in [-0.2, 0) is 52.5 Å². The number of nitrogens with zero attached hydrogens (tertiary/aromatic N) is 1. The predicted octanol–water partition coefficient (Wildman–Crippen LogP) is 1.90. The average Bonchev–Trinajstić information content (AvgIpc) is 3.03. The number of ether oxygens (including phenoxy) is 5. The second kappa shape index (κ2) is 20.7. The summed E-state index contributed by atoms with van der Waals surface area (Å²) in [5.41, 5.74) is 19.9. The zero-order valence-electron chi connectivity index (χ0n) is 27.6. The van der Waals surface area contributed by atoms with Crippen LogP contribution in [0, 0.1) is 10.1 Å². The number of nitro benzene ring substituents is 1. The van der Waals surface area contributed by atoms with E-state index in [1.54, 1.807) is 13.8 Å². The summed E-state index contributed by atoms with van der Waals surface area (Å²) in [4.78, 5) is 39.1. The topological polar surface area (TPSA) is 214 Å². The van der Waals surface area contributed by atoms with Crippen molar-refractivity contribution in [1.82, 2.24) is 5.32 Å². The van der Waals surface area contributed by atoms with Crippen molar-refractivity contribution in [3.63, 3.8) is 0 Å². The summed E-state index contributed by atoms with van der Waals surface area (Å²) in [7, 11) is 2.45. The molecule has 0 saturated heterocycles. The molecule has 14 heteroatoms. The molecule has 1 aromatic carbocycles. The molecular formula is C32H51N5O9. The second-order valence-corrected chi connectivity index (χ2v) is 10.8. The number of rotatable bonds is 22. The van der Waals surface area contributed by atoms with E-state index in [1.165, 1.54) is 20.3 Å². The van der Waals surface area contributed by atoms with E-state index in [4.69, 9.17) is 40.9 Å². The molecule has 0 aromatic heterocycles. The molecule has 2 rings (SSSR count). The van der Waals surface area contributed by atoms with Gasteiger partial charge in [-0.2, -0.15) is 0 Å². The lowest BCUT2D eigenvalue weighted by Gasteiger charge is -2.32. The molecule has 1 heterocycles. The van der Waals surface area contributed by atoms with Crippen LogP contribution >= 0.6 is 0 Å². The van der Waals surface area contributed by atoms with E-state index in [2.05, 4.69) is 5.32 Å². The van der Waals surface area contributed by atoms with E-state index >= 15 is 0 Å². The van der Waals surface area contributed by atoms with Gasteiger partial charge in [-0.15, -0.1) is 0 Å². The van der Waals surface area contributed by atoms with E-state index in [0.717, 1.165) is 5.56 Å². The van der Waals surface area contributed by atoms with Crippen LogP contribution in [0.25, 0.3) is 0 Å². The Kier molecular flexibility index (Phi) is 17.4. The van der Waals surface area contributed by atoms with Crippen LogP contribution in [0.4, 0.5) is 5.69 Å². The number of nitrogens with two attached hydrogens (primary N) is 3. The lowest BCUT2D eigenvalue weighted by atomic mass is 9.75. The molecule has 0 unspecified atom stereocenters. The van der Waals surface area contributed by atoms with Crippen molar-refractivity contribution in [3.05, 3.63) is 61.0 Å². The minimum atomic E-state index is -1.16. The Morgan fingerprint density at radius 1 is 0.761 bits per heavy atom. The number of esters is 2. The molecule has 0 fully saturated rings. The smallest absolute Gasteiger partial charge is 0.336 e. The third-order valence-corrected chi connectivity index (χ3v) is 7.71. The van der Waals surface area contributed by atoms with Gasteiger partial charge in [0.25, 0.3) is 5.69 Å². The number of allylic oxidation sites excluding steroid dienone is 2. The van der Waals surface area contributed by atoms with Crippen LogP contribution in [0.2, 0.25) is 0 Å². The molecule has 0 bridgehead atoms. The van der Waals surface area contributed by atoms with Crippen molar-refractivity contribution in [1.29, 1.82) is 0 Å². The highest BCUT2D eigenvalue weighted by Gasteiger charge is 2.43. The molecule has 1 aliphatic heterocycles. The lowest BCUT2D eigenvalue weighted by molar-refractivity contribution is -0.385. The number of dihydropyridines is 1. The largest absolute Gasteiger partial charge is 0.466 e. The molecule has 0 aliphatic carbocycles. The van der Waals surface area contributed by atoms with Gasteiger partial charge in [0.2, 0.25) is 0 Å². The Hall–Kier alpha value is -3.40. The van der Waals surface area contributed by atoms with Gasteiger partial charge in [-0.3, -0.25) is 10.1 Å². The Morgan fingerprint density at radius 2 is 1.20 bits per heavy atom. The number of hydrogen-bond acceptors (Lipinski definition) is 13. The average molecular weight is 650 g/mol. The summed E-state index contributed by atoms with van der Waals surface area (Å²) in [6, 6.07) is 1.52. The molecule has 46 heavy (non-hydrogen) atoms. The fourth-order valence-electron chi connectivity index (χ4n) is 5.57. The van der Waals surface area contributed by atoms with Gasteiger partial charge in [0.15, 0.2) is 0 Å². The zero-order valence-corrected chi connectivity index (χ0v) is 27.6. The summed E-state index contributed by atoms with van der Waals surface area (Å²) in [6.07, 6.45) is 3.06. The minimum Gasteiger partial charge on any atom is -0.466 e. The van der Waals surface area contributed by atoms with Gasteiger partial charge in [0.1, 0.15) is 0 Å². The summed E-state index contributed by atoms with van der Waals surface area (Å²) >= 11 is 0. The number of hydrogen-bond donors (Lipinski definition) is 4. The van der Waals surface area contributed by atoms with Crippen LogP contribution in [0.3, 0.4) is 0 Å². The summed E-state index contributed by atoms with van der Waals surface area (Å²) < 4.78 is 27.8. The van der Waals surface area contributed by atoms with Gasteiger partial charge in [0, 0.05) is 42.8 Å². The van der Waals surface area contributed by atoms with Crippen molar-refractivity contribution in [2.45, 2.75) is 58.3 Å². The maximum absolute atomic E-state index is 13.3. The van der Waals surface area contributed by atoms with Crippen molar-refractivity contribution in [2.24, 2.45) is 17.2 Å². The molecule has 14 nitrogen and oxygen atoms in total. The first-order valence-electron chi connectivity index (χ1n) is 15.7. The molecule has 1 aromatic rings. The predicted molar refractivity (Wildman–Crippen MR) is 173 cm³/mol. The lowest BCUT2D eigenvalue weighted by Crippen LogP contribution is -2.33. The molecule has 0 atom stereocenters. The van der Waals surface area contributed by atoms with Crippen molar-refractivity contribution in [2.75, 3.05) is 73.5 Å². The molecule has 1 aliphatic rings. The fraction of sp³-hybridized carbons (Fsp3) is 0.625. The fourth-order valence-corrected chi connectivity index (χ4v) is 5.57. The number of methoxy groups -OCH3 is 2. The minimum absolute atomic E-state index is 0.0740. The van der Waals surface area contributed by atoms with Crippen LogP contribution in [0.15, 0.2) is 28.6 Å². The molecule has 0 radical (unpaired) electrons. The maximum atomic E-state index is 13.3. The molecule has 0 amide bonds. The van der Waals surface area contributed by atoms with Crippen molar-refractivity contribution < 1.29 is 38.2 Å². The summed E-state index contributed by atoms with van der Waals surface area (Å²) in [6.45, 7) is 6.95. The van der Waals surface area contributed by atoms with Gasteiger partial charge >= 0.3 is 11.9 Å². The molecule has 7 N–H and O–H groups in total. The van der Waals surface area contributed by atoms with Crippen LogP contribution in [0.5, 0.6) is 0 Å². The number of benzene rings is 1. The molecule has 0 saturated carbocycles. The monoisotopic (exact) mass is 649 g/mol. The SMILES string of the molecule is COC(=O)C1=C(C)NC(C)=C(C(=O)OC)C1c1c([N+](=O)[O-])cc(CCOCCCN)c(CCOCCCN)c1CCOCCCN. The number of carbonyl (C=O) groups excluding carboxylic acids is 2. The van der Waals surface area contributed by atoms with E-state index in [9.17, 15) is 19.7 Å². The van der Waals surface area contributed by atoms with E-state index in [-0.39, 0.29) is 35.4 Å². The molecule has 258 valence electrons. The first-order chi connectivity index (χ1) is 22.2. The van der Waals surface area contributed by atoms with Gasteiger partial charge in [-0.1, -0.05) is 0 Å². The normalized spacial score (nSPS) is 13.6. The van der Waals surface area contributed by atoms with Gasteiger partial charge in [-0.05, 0) is 88.7 Å². The highest BCUT2D eigenvalue weighted by atomic mass is 16.6. The van der Waals surface area contributed by atoms with Crippen molar-refractivity contribution >= 4 is 17.6 Å². The standard InChI is InChI=1S/C32H51N5O9/c1-21-27(31(38)42-3)30(28(22(2)36-21)32(39)43-4)29-25(10-19-46-16-7-13-35)24(9-18-45-15-6-12-34)23(20-26(29)37(40)41)8-17-44-14-5-11-33/h20,30,36H,5-19,33-35H2,1-4H3. The number of nitrogens with one attached hydrogen (secondary N) is 1. The van der Waals surface area contributed by atoms with Gasteiger partial charge < -0.3 is 46.2 Å². The van der Waals surface area contributed by atoms with Crippen LogP contribution < -0.4 is 22.5 Å². The van der Waals surface area contributed by atoms with E-state index in [0.29, 0.717) is 107 Å². The van der Waals surface area contributed by atoms with Crippen LogP contribution in [0.1, 0.15) is 61.3 Å². The second-order valence-electron chi connectivity index (χ2n) is 10.8. The highest BCUT2D eigenvalue weighted by Crippen LogP contribution is 2.46. The number of nitro groups is 1. The van der Waals surface area contributed by atoms with E-state index in [1.807, 2.05) is 0 Å². The third-order valence-electron chi connectivity index (χ3n) is 7.71. The Balaban J connectivity index is 2.93. The highest BCUT2D eigenvalue weighted by molar-refractivity contribution is 6.00.